The third kappa shape index (κ3) is 11.6. The van der Waals surface area contributed by atoms with E-state index in [1.165, 1.54) is 29.4 Å². The molecule has 3 nitrogen and oxygen atoms in total. The maximum Gasteiger partial charge on any atom is 0.305 e. The molecule has 1 N–H and O–H groups in total. The van der Waals surface area contributed by atoms with E-state index in [1.54, 1.807) is 0 Å². The van der Waals surface area contributed by atoms with E-state index in [1.807, 2.05) is 13.8 Å². The first kappa shape index (κ1) is 23.9. The summed E-state index contributed by atoms with van der Waals surface area (Å²) in [7, 11) is 1.42. The highest BCUT2D eigenvalue weighted by atomic mass is 16.5. The Hall–Kier alpha value is -2.13. The minimum absolute atomic E-state index is 0.128. The van der Waals surface area contributed by atoms with Gasteiger partial charge in [0.25, 0.3) is 0 Å². The molecule has 0 fully saturated rings. The quantitative estimate of drug-likeness (QED) is 0.604. The number of carbonyl (C=O) groups excluding carboxylic acids is 1. The van der Waals surface area contributed by atoms with E-state index in [0.717, 1.165) is 32.1 Å². The Morgan fingerprint density at radius 3 is 1.68 bits per heavy atom. The molecule has 2 aromatic carbocycles. The number of aliphatic hydroxyl groups is 1. The summed E-state index contributed by atoms with van der Waals surface area (Å²) in [6.07, 6.45) is 5.27. The molecular weight excluding hydrogens is 348 g/mol. The van der Waals surface area contributed by atoms with Gasteiger partial charge in [0.05, 0.1) is 12.7 Å². The van der Waals surface area contributed by atoms with Crippen LogP contribution < -0.4 is 0 Å². The van der Waals surface area contributed by atoms with E-state index >= 15 is 0 Å². The lowest BCUT2D eigenvalue weighted by Gasteiger charge is -2.16. The monoisotopic (exact) mass is 384 g/mol. The molecule has 0 spiro atoms. The standard InChI is InChI=1S/C13H20O.C12H16O2/c1-11-6-8-12(9-7-11)5-4-10-13(2,3)14;1-10-6-8-11(9-7-10)4-3-5-12(13)14-2/h6-9,14H,4-5,10H2,1-3H3;6-9H,3-5H2,1-2H3. The summed E-state index contributed by atoms with van der Waals surface area (Å²) in [5, 5.41) is 9.54. The number of aryl methyl sites for hydroxylation is 4. The zero-order chi connectivity index (χ0) is 21.0. The third-order valence-electron chi connectivity index (χ3n) is 4.57. The fourth-order valence-electron chi connectivity index (χ4n) is 2.77. The summed E-state index contributed by atoms with van der Waals surface area (Å²) in [6.45, 7) is 7.89. The van der Waals surface area contributed by atoms with Crippen LogP contribution in [0.5, 0.6) is 0 Å². The highest BCUT2D eigenvalue weighted by Gasteiger charge is 2.11. The van der Waals surface area contributed by atoms with Crippen molar-refractivity contribution in [3.8, 4) is 0 Å². The average molecular weight is 385 g/mol. The SMILES string of the molecule is COC(=O)CCCc1ccc(C)cc1.Cc1ccc(CCCC(C)(C)O)cc1. The van der Waals surface area contributed by atoms with Crippen molar-refractivity contribution in [3.05, 3.63) is 70.8 Å². The predicted molar refractivity (Wildman–Crippen MR) is 117 cm³/mol. The Morgan fingerprint density at radius 2 is 1.29 bits per heavy atom. The molecule has 0 saturated carbocycles. The highest BCUT2D eigenvalue weighted by molar-refractivity contribution is 5.69. The van der Waals surface area contributed by atoms with Crippen molar-refractivity contribution in [3.63, 3.8) is 0 Å². The highest BCUT2D eigenvalue weighted by Crippen LogP contribution is 2.14. The first-order valence-electron chi connectivity index (χ1n) is 10.1. The number of rotatable bonds is 8. The van der Waals surface area contributed by atoms with Crippen molar-refractivity contribution in [1.29, 1.82) is 0 Å². The number of hydrogen-bond donors (Lipinski definition) is 1. The molecule has 0 atom stereocenters. The zero-order valence-electron chi connectivity index (χ0n) is 18.1. The van der Waals surface area contributed by atoms with E-state index < -0.39 is 5.60 Å². The minimum Gasteiger partial charge on any atom is -0.469 e. The van der Waals surface area contributed by atoms with E-state index in [4.69, 9.17) is 0 Å². The number of hydrogen-bond acceptors (Lipinski definition) is 3. The lowest BCUT2D eigenvalue weighted by molar-refractivity contribution is -0.140. The Labute approximate surface area is 170 Å². The topological polar surface area (TPSA) is 46.5 Å². The maximum atomic E-state index is 10.8. The molecule has 2 rings (SSSR count). The van der Waals surface area contributed by atoms with E-state index in [2.05, 4.69) is 67.1 Å². The molecule has 0 amide bonds. The van der Waals surface area contributed by atoms with Crippen molar-refractivity contribution in [2.45, 2.75) is 71.8 Å². The van der Waals surface area contributed by atoms with Gasteiger partial charge in [-0.15, -0.1) is 0 Å². The number of benzene rings is 2. The molecule has 2 aromatic rings. The Balaban J connectivity index is 0.000000280. The van der Waals surface area contributed by atoms with Crippen LogP contribution in [0.2, 0.25) is 0 Å². The molecule has 0 aliphatic rings. The summed E-state index contributed by atoms with van der Waals surface area (Å²) in [6, 6.07) is 17.0. The third-order valence-corrected chi connectivity index (χ3v) is 4.57. The molecule has 0 saturated heterocycles. The van der Waals surface area contributed by atoms with Crippen LogP contribution in [0.1, 0.15) is 61.8 Å². The van der Waals surface area contributed by atoms with Gasteiger partial charge in [-0.1, -0.05) is 59.7 Å². The van der Waals surface area contributed by atoms with Gasteiger partial charge in [0.15, 0.2) is 0 Å². The van der Waals surface area contributed by atoms with Gasteiger partial charge < -0.3 is 9.84 Å². The lowest BCUT2D eigenvalue weighted by atomic mass is 9.99. The van der Waals surface area contributed by atoms with Gasteiger partial charge in [-0.25, -0.2) is 0 Å². The molecule has 0 unspecified atom stereocenters. The summed E-state index contributed by atoms with van der Waals surface area (Å²) in [5.74, 6) is -0.128. The van der Waals surface area contributed by atoms with E-state index in [-0.39, 0.29) is 5.97 Å². The molecular formula is C25H36O3. The van der Waals surface area contributed by atoms with E-state index in [9.17, 15) is 9.90 Å². The molecule has 0 aromatic heterocycles. The molecule has 0 aliphatic carbocycles. The second-order valence-electron chi connectivity index (χ2n) is 8.07. The fraction of sp³-hybridized carbons (Fsp3) is 0.480. The largest absolute Gasteiger partial charge is 0.469 e. The molecule has 3 heteroatoms. The summed E-state index contributed by atoms with van der Waals surface area (Å²) >= 11 is 0. The van der Waals surface area contributed by atoms with Crippen LogP contribution in [0.3, 0.4) is 0 Å². The van der Waals surface area contributed by atoms with Crippen molar-refractivity contribution < 1.29 is 14.6 Å². The Kier molecular flexibility index (Phi) is 10.5. The van der Waals surface area contributed by atoms with Crippen molar-refractivity contribution in [1.82, 2.24) is 0 Å². The Bertz CT molecular complexity index is 679. The van der Waals surface area contributed by atoms with Crippen LogP contribution in [-0.4, -0.2) is 23.8 Å². The van der Waals surface area contributed by atoms with Crippen LogP contribution in [0.15, 0.2) is 48.5 Å². The Morgan fingerprint density at radius 1 is 0.857 bits per heavy atom. The van der Waals surface area contributed by atoms with Gasteiger partial charge in [0.2, 0.25) is 0 Å². The van der Waals surface area contributed by atoms with Gasteiger partial charge >= 0.3 is 5.97 Å². The summed E-state index contributed by atoms with van der Waals surface area (Å²) in [5.41, 5.74) is 4.68. The number of ether oxygens (including phenoxy) is 1. The first-order chi connectivity index (χ1) is 13.2. The lowest BCUT2D eigenvalue weighted by Crippen LogP contribution is -2.18. The van der Waals surface area contributed by atoms with Gasteiger partial charge in [-0.2, -0.15) is 0 Å². The molecule has 28 heavy (non-hydrogen) atoms. The smallest absolute Gasteiger partial charge is 0.305 e. The van der Waals surface area contributed by atoms with Crippen molar-refractivity contribution in [2.24, 2.45) is 0 Å². The number of carbonyl (C=O) groups is 1. The van der Waals surface area contributed by atoms with Crippen LogP contribution in [0.4, 0.5) is 0 Å². The second kappa shape index (κ2) is 12.4. The normalized spacial score (nSPS) is 10.8. The maximum absolute atomic E-state index is 10.8. The zero-order valence-corrected chi connectivity index (χ0v) is 18.1. The van der Waals surface area contributed by atoms with Crippen molar-refractivity contribution in [2.75, 3.05) is 7.11 Å². The number of methoxy groups -OCH3 is 1. The van der Waals surface area contributed by atoms with Gasteiger partial charge in [-0.05, 0) is 70.9 Å². The second-order valence-corrected chi connectivity index (χ2v) is 8.07. The van der Waals surface area contributed by atoms with Gasteiger partial charge in [0.1, 0.15) is 0 Å². The molecule has 0 radical (unpaired) electrons. The van der Waals surface area contributed by atoms with Gasteiger partial charge in [-0.3, -0.25) is 4.79 Å². The molecule has 0 bridgehead atoms. The fourth-order valence-corrected chi connectivity index (χ4v) is 2.77. The van der Waals surface area contributed by atoms with Crippen LogP contribution >= 0.6 is 0 Å². The van der Waals surface area contributed by atoms with Gasteiger partial charge in [0, 0.05) is 6.42 Å². The average Bonchev–Trinajstić information content (AvgIpc) is 2.64. The minimum atomic E-state index is -0.523. The predicted octanol–water partition coefficient (Wildman–Crippen LogP) is 5.58. The molecule has 0 heterocycles. The summed E-state index contributed by atoms with van der Waals surface area (Å²) in [4.78, 5) is 10.8. The first-order valence-corrected chi connectivity index (χ1v) is 10.1. The van der Waals surface area contributed by atoms with Crippen molar-refractivity contribution >= 4 is 5.97 Å². The van der Waals surface area contributed by atoms with Crippen LogP contribution in [0, 0.1) is 13.8 Å². The van der Waals surface area contributed by atoms with E-state index in [0.29, 0.717) is 6.42 Å². The van der Waals surface area contributed by atoms with Crippen LogP contribution in [0.25, 0.3) is 0 Å². The van der Waals surface area contributed by atoms with Crippen LogP contribution in [-0.2, 0) is 22.4 Å². The molecule has 154 valence electrons. The number of esters is 1. The summed E-state index contributed by atoms with van der Waals surface area (Å²) < 4.78 is 4.57. The molecule has 0 aliphatic heterocycles.